The molecule has 2 aromatic rings. The third-order valence-electron chi connectivity index (χ3n) is 4.96. The van der Waals surface area contributed by atoms with Crippen LogP contribution in [0.3, 0.4) is 0 Å². The first kappa shape index (κ1) is 14.5. The molecule has 1 aliphatic heterocycles. The standard InChI is InChI=1S/C20H22N2O/c23-19-11-5-13-22(19)14-6-12-21-20-17-9-3-1-7-15(17)16-8-2-4-10-18(16)20/h1-4,7-10,20-21H,5-6,11-14H2. The van der Waals surface area contributed by atoms with E-state index in [1.54, 1.807) is 0 Å². The zero-order valence-electron chi connectivity index (χ0n) is 13.3. The van der Waals surface area contributed by atoms with Gasteiger partial charge in [0.05, 0.1) is 6.04 Å². The van der Waals surface area contributed by atoms with Crippen molar-refractivity contribution in [1.82, 2.24) is 10.2 Å². The van der Waals surface area contributed by atoms with Crippen LogP contribution in [0.4, 0.5) is 0 Å². The molecular formula is C20H22N2O. The van der Waals surface area contributed by atoms with E-state index in [0.717, 1.165) is 38.9 Å². The summed E-state index contributed by atoms with van der Waals surface area (Å²) < 4.78 is 0. The summed E-state index contributed by atoms with van der Waals surface area (Å²) in [6.45, 7) is 2.74. The predicted octanol–water partition coefficient (Wildman–Crippen LogP) is 3.36. The molecule has 1 fully saturated rings. The summed E-state index contributed by atoms with van der Waals surface area (Å²) in [4.78, 5) is 13.7. The molecule has 1 heterocycles. The molecule has 0 spiro atoms. The summed E-state index contributed by atoms with van der Waals surface area (Å²) in [5, 5.41) is 3.69. The zero-order valence-corrected chi connectivity index (χ0v) is 13.3. The normalized spacial score (nSPS) is 16.7. The monoisotopic (exact) mass is 306 g/mol. The van der Waals surface area contributed by atoms with Crippen molar-refractivity contribution in [3.63, 3.8) is 0 Å². The summed E-state index contributed by atoms with van der Waals surface area (Å²) in [6.07, 6.45) is 2.76. The summed E-state index contributed by atoms with van der Waals surface area (Å²) in [7, 11) is 0. The van der Waals surface area contributed by atoms with Gasteiger partial charge in [0.15, 0.2) is 0 Å². The zero-order chi connectivity index (χ0) is 15.6. The number of fused-ring (bicyclic) bond motifs is 3. The highest BCUT2D eigenvalue weighted by Gasteiger charge is 2.27. The lowest BCUT2D eigenvalue weighted by Gasteiger charge is -2.18. The number of carbonyl (C=O) groups excluding carboxylic acids is 1. The number of rotatable bonds is 5. The van der Waals surface area contributed by atoms with Gasteiger partial charge in [-0.2, -0.15) is 0 Å². The van der Waals surface area contributed by atoms with Crippen LogP contribution in [-0.2, 0) is 4.79 Å². The van der Waals surface area contributed by atoms with Gasteiger partial charge in [-0.1, -0.05) is 48.5 Å². The molecule has 3 heteroatoms. The summed E-state index contributed by atoms with van der Waals surface area (Å²) in [5.74, 6) is 0.321. The molecule has 1 amide bonds. The molecule has 0 saturated carbocycles. The largest absolute Gasteiger partial charge is 0.343 e. The second kappa shape index (κ2) is 6.17. The van der Waals surface area contributed by atoms with Crippen molar-refractivity contribution >= 4 is 5.91 Å². The summed E-state index contributed by atoms with van der Waals surface area (Å²) in [5.41, 5.74) is 5.42. The number of likely N-dealkylation sites (tertiary alicyclic amines) is 1. The number of carbonyl (C=O) groups is 1. The van der Waals surface area contributed by atoms with Gasteiger partial charge >= 0.3 is 0 Å². The van der Waals surface area contributed by atoms with Crippen LogP contribution >= 0.6 is 0 Å². The Hall–Kier alpha value is -2.13. The Morgan fingerprint density at radius 2 is 1.65 bits per heavy atom. The molecule has 0 unspecified atom stereocenters. The Morgan fingerprint density at radius 1 is 1.00 bits per heavy atom. The predicted molar refractivity (Wildman–Crippen MR) is 92.2 cm³/mol. The Morgan fingerprint density at radius 3 is 2.26 bits per heavy atom. The molecule has 0 radical (unpaired) electrons. The molecule has 0 atom stereocenters. The third kappa shape index (κ3) is 2.66. The Bertz CT molecular complexity index is 680. The van der Waals surface area contributed by atoms with E-state index in [9.17, 15) is 4.79 Å². The van der Waals surface area contributed by atoms with Crippen LogP contribution in [0, 0.1) is 0 Å². The number of nitrogens with zero attached hydrogens (tertiary/aromatic N) is 1. The fraction of sp³-hybridized carbons (Fsp3) is 0.350. The van der Waals surface area contributed by atoms with Crippen molar-refractivity contribution < 1.29 is 4.79 Å². The van der Waals surface area contributed by atoms with Crippen molar-refractivity contribution in [3.05, 3.63) is 59.7 Å². The number of nitrogens with one attached hydrogen (secondary N) is 1. The van der Waals surface area contributed by atoms with Gasteiger partial charge in [-0.3, -0.25) is 4.79 Å². The smallest absolute Gasteiger partial charge is 0.222 e. The lowest BCUT2D eigenvalue weighted by Crippen LogP contribution is -2.29. The topological polar surface area (TPSA) is 32.3 Å². The minimum Gasteiger partial charge on any atom is -0.343 e. The lowest BCUT2D eigenvalue weighted by atomic mass is 10.1. The average Bonchev–Trinajstić information content (AvgIpc) is 3.14. The third-order valence-corrected chi connectivity index (χ3v) is 4.96. The second-order valence-corrected chi connectivity index (χ2v) is 6.40. The van der Waals surface area contributed by atoms with E-state index in [1.165, 1.54) is 22.3 Å². The molecule has 118 valence electrons. The number of benzene rings is 2. The first-order valence-electron chi connectivity index (χ1n) is 8.54. The maximum Gasteiger partial charge on any atom is 0.222 e. The van der Waals surface area contributed by atoms with Crippen LogP contribution < -0.4 is 5.32 Å². The number of hydrogen-bond donors (Lipinski definition) is 1. The van der Waals surface area contributed by atoms with Gasteiger partial charge in [0.2, 0.25) is 5.91 Å². The van der Waals surface area contributed by atoms with Gasteiger partial charge in [0, 0.05) is 19.5 Å². The molecule has 1 aliphatic carbocycles. The molecule has 2 aliphatic rings. The first-order valence-corrected chi connectivity index (χ1v) is 8.54. The second-order valence-electron chi connectivity index (χ2n) is 6.40. The van der Waals surface area contributed by atoms with Crippen molar-refractivity contribution in [2.75, 3.05) is 19.6 Å². The molecule has 23 heavy (non-hydrogen) atoms. The molecule has 2 aromatic carbocycles. The fourth-order valence-electron chi connectivity index (χ4n) is 3.83. The van der Waals surface area contributed by atoms with Crippen LogP contribution in [-0.4, -0.2) is 30.4 Å². The van der Waals surface area contributed by atoms with Crippen LogP contribution in [0.1, 0.15) is 36.4 Å². The SMILES string of the molecule is O=C1CCCN1CCCNC1c2ccccc2-c2ccccc21. The molecular weight excluding hydrogens is 284 g/mol. The highest BCUT2D eigenvalue weighted by atomic mass is 16.2. The molecule has 0 bridgehead atoms. The Balaban J connectivity index is 1.43. The van der Waals surface area contributed by atoms with Crippen molar-refractivity contribution in [2.24, 2.45) is 0 Å². The van der Waals surface area contributed by atoms with Gasteiger partial charge in [0.25, 0.3) is 0 Å². The van der Waals surface area contributed by atoms with E-state index in [-0.39, 0.29) is 6.04 Å². The number of hydrogen-bond acceptors (Lipinski definition) is 2. The van der Waals surface area contributed by atoms with Crippen molar-refractivity contribution in [2.45, 2.75) is 25.3 Å². The van der Waals surface area contributed by atoms with Gasteiger partial charge < -0.3 is 10.2 Å². The van der Waals surface area contributed by atoms with Gasteiger partial charge in [-0.05, 0) is 41.6 Å². The van der Waals surface area contributed by atoms with E-state index in [0.29, 0.717) is 5.91 Å². The fourth-order valence-corrected chi connectivity index (χ4v) is 3.83. The maximum atomic E-state index is 11.7. The van der Waals surface area contributed by atoms with Gasteiger partial charge in [-0.15, -0.1) is 0 Å². The van der Waals surface area contributed by atoms with E-state index in [1.807, 2.05) is 4.90 Å². The van der Waals surface area contributed by atoms with Gasteiger partial charge in [0.1, 0.15) is 0 Å². The average molecular weight is 306 g/mol. The highest BCUT2D eigenvalue weighted by Crippen LogP contribution is 2.42. The molecule has 4 rings (SSSR count). The minimum absolute atomic E-state index is 0.275. The first-order chi connectivity index (χ1) is 11.3. The van der Waals surface area contributed by atoms with E-state index in [4.69, 9.17) is 0 Å². The minimum atomic E-state index is 0.275. The van der Waals surface area contributed by atoms with E-state index < -0.39 is 0 Å². The van der Waals surface area contributed by atoms with Crippen LogP contribution in [0.25, 0.3) is 11.1 Å². The Kier molecular flexibility index (Phi) is 3.88. The van der Waals surface area contributed by atoms with Crippen molar-refractivity contribution in [1.29, 1.82) is 0 Å². The van der Waals surface area contributed by atoms with E-state index >= 15 is 0 Å². The van der Waals surface area contributed by atoms with Crippen LogP contribution in [0.15, 0.2) is 48.5 Å². The molecule has 1 N–H and O–H groups in total. The van der Waals surface area contributed by atoms with Crippen LogP contribution in [0.2, 0.25) is 0 Å². The molecule has 1 saturated heterocycles. The summed E-state index contributed by atoms with van der Waals surface area (Å²) >= 11 is 0. The maximum absolute atomic E-state index is 11.7. The number of amides is 1. The summed E-state index contributed by atoms with van der Waals surface area (Å²) in [6, 6.07) is 17.6. The molecule has 3 nitrogen and oxygen atoms in total. The van der Waals surface area contributed by atoms with Crippen molar-refractivity contribution in [3.8, 4) is 11.1 Å². The lowest BCUT2D eigenvalue weighted by molar-refractivity contribution is -0.127. The highest BCUT2D eigenvalue weighted by molar-refractivity contribution is 5.78. The quantitative estimate of drug-likeness (QED) is 0.859. The molecule has 0 aromatic heterocycles. The van der Waals surface area contributed by atoms with Crippen LogP contribution in [0.5, 0.6) is 0 Å². The Labute approximate surface area is 137 Å². The van der Waals surface area contributed by atoms with Gasteiger partial charge in [-0.25, -0.2) is 0 Å². The van der Waals surface area contributed by atoms with E-state index in [2.05, 4.69) is 53.8 Å².